The Morgan fingerprint density at radius 1 is 1.52 bits per heavy atom. The monoisotopic (exact) mass is 309 g/mol. The van der Waals surface area contributed by atoms with Crippen LogP contribution in [0.2, 0.25) is 0 Å². The van der Waals surface area contributed by atoms with E-state index in [1.807, 2.05) is 6.92 Å². The van der Waals surface area contributed by atoms with E-state index in [2.05, 4.69) is 20.0 Å². The molecule has 1 atom stereocenters. The van der Waals surface area contributed by atoms with Crippen LogP contribution in [-0.4, -0.2) is 36.4 Å². The molecule has 1 unspecified atom stereocenters. The molecule has 0 aromatic carbocycles. The number of hydrogen-bond acceptors (Lipinski definition) is 6. The number of carbonyl (C=O) groups excluding carboxylic acids is 1. The summed E-state index contributed by atoms with van der Waals surface area (Å²) in [6, 6.07) is 0.834. The summed E-state index contributed by atoms with van der Waals surface area (Å²) in [7, 11) is 0. The molecule has 0 aliphatic heterocycles. The summed E-state index contributed by atoms with van der Waals surface area (Å²) in [5, 5.41) is 19.6. The zero-order valence-corrected chi connectivity index (χ0v) is 12.4. The largest absolute Gasteiger partial charge is 0.480 e. The second-order valence-electron chi connectivity index (χ2n) is 4.47. The molecule has 0 radical (unpaired) electrons. The number of aryl methyl sites for hydroxylation is 1. The third-order valence-corrected chi connectivity index (χ3v) is 3.70. The topological polar surface area (TPSA) is 110 Å². The van der Waals surface area contributed by atoms with Gasteiger partial charge in [0.15, 0.2) is 5.82 Å². The molecule has 21 heavy (non-hydrogen) atoms. The van der Waals surface area contributed by atoms with Crippen LogP contribution in [0.5, 0.6) is 0 Å². The molecule has 2 heterocycles. The van der Waals surface area contributed by atoms with Gasteiger partial charge in [-0.15, -0.1) is 5.10 Å². The van der Waals surface area contributed by atoms with Gasteiger partial charge >= 0.3 is 5.97 Å². The van der Waals surface area contributed by atoms with Gasteiger partial charge in [0, 0.05) is 12.3 Å². The molecule has 0 bridgehead atoms. The van der Waals surface area contributed by atoms with Crippen molar-refractivity contribution in [2.45, 2.75) is 32.7 Å². The Morgan fingerprint density at radius 2 is 2.29 bits per heavy atom. The van der Waals surface area contributed by atoms with Gasteiger partial charge in [0.25, 0.3) is 5.91 Å². The van der Waals surface area contributed by atoms with Crippen molar-refractivity contribution in [3.8, 4) is 0 Å². The van der Waals surface area contributed by atoms with E-state index in [0.29, 0.717) is 22.8 Å². The van der Waals surface area contributed by atoms with Gasteiger partial charge in [-0.25, -0.2) is 4.79 Å². The van der Waals surface area contributed by atoms with E-state index < -0.39 is 12.0 Å². The summed E-state index contributed by atoms with van der Waals surface area (Å²) in [5.41, 5.74) is 0.548. The van der Waals surface area contributed by atoms with Crippen molar-refractivity contribution in [1.29, 1.82) is 0 Å². The third-order valence-electron chi connectivity index (χ3n) is 2.87. The van der Waals surface area contributed by atoms with Crippen molar-refractivity contribution < 1.29 is 14.7 Å². The van der Waals surface area contributed by atoms with Crippen LogP contribution in [0.15, 0.2) is 12.3 Å². The van der Waals surface area contributed by atoms with E-state index >= 15 is 0 Å². The van der Waals surface area contributed by atoms with Crippen molar-refractivity contribution in [3.63, 3.8) is 0 Å². The number of hydrogen-bond donors (Lipinski definition) is 2. The number of rotatable bonds is 6. The minimum Gasteiger partial charge on any atom is -0.480 e. The first-order valence-electron chi connectivity index (χ1n) is 6.41. The lowest BCUT2D eigenvalue weighted by Crippen LogP contribution is -2.20. The van der Waals surface area contributed by atoms with Crippen molar-refractivity contribution in [3.05, 3.63) is 22.8 Å². The van der Waals surface area contributed by atoms with Gasteiger partial charge < -0.3 is 10.4 Å². The molecule has 0 aliphatic carbocycles. The highest BCUT2D eigenvalue weighted by Gasteiger charge is 2.20. The minimum absolute atomic E-state index is 0.301. The predicted molar refractivity (Wildman–Crippen MR) is 76.4 cm³/mol. The minimum atomic E-state index is -0.944. The molecule has 0 fully saturated rings. The van der Waals surface area contributed by atoms with E-state index in [-0.39, 0.29) is 5.91 Å². The predicted octanol–water partition coefficient (Wildman–Crippen LogP) is 1.72. The number of aliphatic carboxylic acids is 1. The molecule has 112 valence electrons. The van der Waals surface area contributed by atoms with E-state index in [1.54, 1.807) is 19.2 Å². The van der Waals surface area contributed by atoms with Crippen LogP contribution >= 0.6 is 11.5 Å². The van der Waals surface area contributed by atoms with Crippen LogP contribution in [0.25, 0.3) is 0 Å². The zero-order valence-electron chi connectivity index (χ0n) is 11.6. The SMILES string of the molecule is CCCC(C(=O)O)n1ccc(NC(=O)c2snnc2C)n1. The lowest BCUT2D eigenvalue weighted by Gasteiger charge is -2.11. The van der Waals surface area contributed by atoms with E-state index in [0.717, 1.165) is 18.0 Å². The molecule has 1 amide bonds. The fourth-order valence-corrected chi connectivity index (χ4v) is 2.39. The summed E-state index contributed by atoms with van der Waals surface area (Å²) in [5.74, 6) is -0.995. The van der Waals surface area contributed by atoms with Crippen LogP contribution in [-0.2, 0) is 4.79 Å². The maximum Gasteiger partial charge on any atom is 0.328 e. The fourth-order valence-electron chi connectivity index (χ4n) is 1.83. The summed E-state index contributed by atoms with van der Waals surface area (Å²) < 4.78 is 5.04. The zero-order chi connectivity index (χ0) is 15.4. The number of carbonyl (C=O) groups is 2. The lowest BCUT2D eigenvalue weighted by atomic mass is 10.2. The number of carboxylic acid groups (broad SMARTS) is 1. The smallest absolute Gasteiger partial charge is 0.328 e. The number of carboxylic acids is 1. The van der Waals surface area contributed by atoms with E-state index in [1.165, 1.54) is 4.68 Å². The number of anilines is 1. The molecule has 0 aliphatic rings. The van der Waals surface area contributed by atoms with Gasteiger partial charge in [-0.3, -0.25) is 9.48 Å². The van der Waals surface area contributed by atoms with Crippen LogP contribution in [0.4, 0.5) is 5.82 Å². The van der Waals surface area contributed by atoms with Gasteiger partial charge in [0.05, 0.1) is 5.69 Å². The van der Waals surface area contributed by atoms with Crippen LogP contribution in [0.3, 0.4) is 0 Å². The standard InChI is InChI=1S/C12H15N5O3S/c1-3-4-8(12(19)20)17-6-5-9(15-17)13-11(18)10-7(2)14-16-21-10/h5-6,8H,3-4H2,1-2H3,(H,19,20)(H,13,15,18). The summed E-state index contributed by atoms with van der Waals surface area (Å²) in [6.45, 7) is 3.60. The number of nitrogens with zero attached hydrogens (tertiary/aromatic N) is 4. The molecule has 0 saturated heterocycles. The highest BCUT2D eigenvalue weighted by molar-refractivity contribution is 7.08. The molecular formula is C12H15N5O3S. The Bertz CT molecular complexity index is 651. The first-order chi connectivity index (χ1) is 10.0. The van der Waals surface area contributed by atoms with E-state index in [9.17, 15) is 14.7 Å². The van der Waals surface area contributed by atoms with Crippen molar-refractivity contribution in [2.75, 3.05) is 5.32 Å². The normalized spacial score (nSPS) is 12.1. The number of amides is 1. The Balaban J connectivity index is 2.11. The molecule has 9 heteroatoms. The molecule has 0 saturated carbocycles. The quantitative estimate of drug-likeness (QED) is 0.840. The molecule has 2 aromatic heterocycles. The van der Waals surface area contributed by atoms with Crippen LogP contribution in [0, 0.1) is 6.92 Å². The van der Waals surface area contributed by atoms with Crippen molar-refractivity contribution >= 4 is 29.2 Å². The highest BCUT2D eigenvalue weighted by Crippen LogP contribution is 2.17. The Kier molecular flexibility index (Phi) is 4.63. The maximum absolute atomic E-state index is 12.0. The maximum atomic E-state index is 12.0. The van der Waals surface area contributed by atoms with Gasteiger partial charge in [0.1, 0.15) is 10.9 Å². The van der Waals surface area contributed by atoms with Gasteiger partial charge in [-0.1, -0.05) is 17.8 Å². The highest BCUT2D eigenvalue weighted by atomic mass is 32.1. The molecule has 0 spiro atoms. The lowest BCUT2D eigenvalue weighted by molar-refractivity contribution is -0.141. The molecular weight excluding hydrogens is 294 g/mol. The molecule has 2 aromatic rings. The van der Waals surface area contributed by atoms with Crippen molar-refractivity contribution in [1.82, 2.24) is 19.4 Å². The Labute approximate surface area is 125 Å². The molecule has 2 rings (SSSR count). The Morgan fingerprint density at radius 3 is 2.86 bits per heavy atom. The third kappa shape index (κ3) is 3.43. The summed E-state index contributed by atoms with van der Waals surface area (Å²) in [6.07, 6.45) is 2.74. The van der Waals surface area contributed by atoms with Gasteiger partial charge in [-0.05, 0) is 24.9 Å². The fraction of sp³-hybridized carbons (Fsp3) is 0.417. The average Bonchev–Trinajstić information content (AvgIpc) is 3.04. The Hall–Kier alpha value is -2.29. The first kappa shape index (κ1) is 15.1. The van der Waals surface area contributed by atoms with Crippen molar-refractivity contribution in [2.24, 2.45) is 0 Å². The van der Waals surface area contributed by atoms with Crippen LogP contribution < -0.4 is 5.32 Å². The summed E-state index contributed by atoms with van der Waals surface area (Å²) >= 11 is 1.00. The second kappa shape index (κ2) is 6.44. The average molecular weight is 309 g/mol. The number of aromatic nitrogens is 4. The van der Waals surface area contributed by atoms with E-state index in [4.69, 9.17) is 0 Å². The second-order valence-corrected chi connectivity index (χ2v) is 5.22. The van der Waals surface area contributed by atoms with Gasteiger partial charge in [-0.2, -0.15) is 5.10 Å². The summed E-state index contributed by atoms with van der Waals surface area (Å²) in [4.78, 5) is 23.6. The van der Waals surface area contributed by atoms with Crippen LogP contribution in [0.1, 0.15) is 41.2 Å². The molecule has 2 N–H and O–H groups in total. The first-order valence-corrected chi connectivity index (χ1v) is 7.18. The van der Waals surface area contributed by atoms with Gasteiger partial charge in [0.2, 0.25) is 0 Å². The number of nitrogens with one attached hydrogen (secondary N) is 1. The molecule has 8 nitrogen and oxygen atoms in total.